The summed E-state index contributed by atoms with van der Waals surface area (Å²) in [7, 11) is 1.62. The van der Waals surface area contributed by atoms with Crippen LogP contribution < -0.4 is 10.5 Å². The fourth-order valence-electron chi connectivity index (χ4n) is 1.39. The number of hydrogen-bond donors (Lipinski definition) is 1. The zero-order chi connectivity index (χ0) is 10.7. The zero-order valence-electron chi connectivity index (χ0n) is 8.55. The van der Waals surface area contributed by atoms with Crippen LogP contribution in [0.15, 0.2) is 36.7 Å². The molecule has 1 aromatic heterocycles. The van der Waals surface area contributed by atoms with Crippen molar-refractivity contribution in [1.29, 1.82) is 0 Å². The number of anilines is 1. The third kappa shape index (κ3) is 2.10. The minimum Gasteiger partial charge on any atom is -0.493 e. The van der Waals surface area contributed by atoms with Crippen molar-refractivity contribution >= 4 is 5.69 Å². The van der Waals surface area contributed by atoms with Gasteiger partial charge in [0.2, 0.25) is 0 Å². The molecule has 2 rings (SSSR count). The molecular weight excluding hydrogens is 190 g/mol. The van der Waals surface area contributed by atoms with Gasteiger partial charge in [0.1, 0.15) is 0 Å². The molecule has 0 amide bonds. The van der Waals surface area contributed by atoms with Gasteiger partial charge in [0.25, 0.3) is 0 Å². The molecule has 0 aliphatic carbocycles. The van der Waals surface area contributed by atoms with Gasteiger partial charge in [-0.2, -0.15) is 5.10 Å². The second-order valence-corrected chi connectivity index (χ2v) is 3.28. The topological polar surface area (TPSA) is 53.1 Å². The highest BCUT2D eigenvalue weighted by Crippen LogP contribution is 2.14. The number of para-hydroxylation sites is 1. The van der Waals surface area contributed by atoms with Crippen molar-refractivity contribution in [3.8, 4) is 5.75 Å². The molecule has 4 heteroatoms. The van der Waals surface area contributed by atoms with E-state index < -0.39 is 0 Å². The fourth-order valence-corrected chi connectivity index (χ4v) is 1.39. The van der Waals surface area contributed by atoms with Gasteiger partial charge in [-0.25, -0.2) is 0 Å². The first-order valence-electron chi connectivity index (χ1n) is 4.69. The quantitative estimate of drug-likeness (QED) is 0.769. The van der Waals surface area contributed by atoms with Crippen LogP contribution in [-0.4, -0.2) is 16.9 Å². The Morgan fingerprint density at radius 1 is 1.40 bits per heavy atom. The molecule has 15 heavy (non-hydrogen) atoms. The molecule has 0 aliphatic rings. The molecule has 4 nitrogen and oxygen atoms in total. The van der Waals surface area contributed by atoms with Gasteiger partial charge in [-0.3, -0.25) is 4.68 Å². The van der Waals surface area contributed by atoms with Gasteiger partial charge >= 0.3 is 0 Å². The van der Waals surface area contributed by atoms with Crippen molar-refractivity contribution < 1.29 is 4.74 Å². The van der Waals surface area contributed by atoms with Crippen LogP contribution in [0.5, 0.6) is 5.75 Å². The number of hydrogen-bond acceptors (Lipinski definition) is 3. The molecule has 0 saturated carbocycles. The van der Waals surface area contributed by atoms with Crippen LogP contribution in [0.2, 0.25) is 0 Å². The predicted octanol–water partition coefficient (Wildman–Crippen LogP) is 1.52. The SMILES string of the molecule is COc1cnn(Cc2ccccc2N)c1. The fraction of sp³-hybridized carbons (Fsp3) is 0.182. The van der Waals surface area contributed by atoms with E-state index >= 15 is 0 Å². The van der Waals surface area contributed by atoms with E-state index in [1.54, 1.807) is 18.0 Å². The van der Waals surface area contributed by atoms with E-state index in [2.05, 4.69) is 5.10 Å². The molecule has 0 aliphatic heterocycles. The molecule has 0 fully saturated rings. The molecule has 0 radical (unpaired) electrons. The van der Waals surface area contributed by atoms with Crippen LogP contribution in [0.3, 0.4) is 0 Å². The van der Waals surface area contributed by atoms with Crippen LogP contribution in [0.1, 0.15) is 5.56 Å². The lowest BCUT2D eigenvalue weighted by atomic mass is 10.2. The number of nitrogens with two attached hydrogens (primary N) is 1. The second kappa shape index (κ2) is 4.04. The Labute approximate surface area is 88.3 Å². The summed E-state index contributed by atoms with van der Waals surface area (Å²) in [6, 6.07) is 7.76. The molecule has 78 valence electrons. The molecule has 0 atom stereocenters. The molecule has 2 aromatic rings. The molecule has 2 N–H and O–H groups in total. The highest BCUT2D eigenvalue weighted by molar-refractivity contribution is 5.46. The summed E-state index contributed by atoms with van der Waals surface area (Å²) in [5.74, 6) is 0.754. The lowest BCUT2D eigenvalue weighted by Gasteiger charge is -2.04. The van der Waals surface area contributed by atoms with Crippen molar-refractivity contribution in [3.05, 3.63) is 42.2 Å². The molecule has 0 unspecified atom stereocenters. The average molecular weight is 203 g/mol. The Balaban J connectivity index is 2.18. The first kappa shape index (κ1) is 9.58. The summed E-state index contributed by atoms with van der Waals surface area (Å²) < 4.78 is 6.84. The third-order valence-electron chi connectivity index (χ3n) is 2.23. The van der Waals surface area contributed by atoms with E-state index in [4.69, 9.17) is 10.5 Å². The van der Waals surface area contributed by atoms with Crippen molar-refractivity contribution in [1.82, 2.24) is 9.78 Å². The first-order chi connectivity index (χ1) is 7.29. The minimum absolute atomic E-state index is 0.663. The number of methoxy groups -OCH3 is 1. The number of nitrogens with zero attached hydrogens (tertiary/aromatic N) is 2. The average Bonchev–Trinajstić information content (AvgIpc) is 2.69. The first-order valence-corrected chi connectivity index (χ1v) is 4.69. The van der Waals surface area contributed by atoms with E-state index in [-0.39, 0.29) is 0 Å². The Hall–Kier alpha value is -1.97. The Bertz CT molecular complexity index is 451. The maximum atomic E-state index is 5.84. The summed E-state index contributed by atoms with van der Waals surface area (Å²) in [4.78, 5) is 0. The summed E-state index contributed by atoms with van der Waals surface area (Å²) in [6.07, 6.45) is 3.52. The Morgan fingerprint density at radius 2 is 2.20 bits per heavy atom. The van der Waals surface area contributed by atoms with Crippen LogP contribution in [0.4, 0.5) is 5.69 Å². The number of nitrogen functional groups attached to an aromatic ring is 1. The predicted molar refractivity (Wildman–Crippen MR) is 58.7 cm³/mol. The number of rotatable bonds is 3. The van der Waals surface area contributed by atoms with E-state index in [0.717, 1.165) is 17.0 Å². The maximum Gasteiger partial charge on any atom is 0.156 e. The van der Waals surface area contributed by atoms with E-state index in [1.165, 1.54) is 0 Å². The summed E-state index contributed by atoms with van der Waals surface area (Å²) >= 11 is 0. The highest BCUT2D eigenvalue weighted by Gasteiger charge is 2.01. The van der Waals surface area contributed by atoms with Crippen molar-refractivity contribution in [3.63, 3.8) is 0 Å². The molecule has 0 spiro atoms. The Morgan fingerprint density at radius 3 is 2.87 bits per heavy atom. The normalized spacial score (nSPS) is 10.2. The van der Waals surface area contributed by atoms with E-state index in [1.807, 2.05) is 30.5 Å². The minimum atomic E-state index is 0.663. The van der Waals surface area contributed by atoms with Gasteiger partial charge in [0.15, 0.2) is 5.75 Å². The monoisotopic (exact) mass is 203 g/mol. The van der Waals surface area contributed by atoms with Crippen molar-refractivity contribution in [2.45, 2.75) is 6.54 Å². The molecular formula is C11H13N3O. The maximum absolute atomic E-state index is 5.84. The van der Waals surface area contributed by atoms with E-state index in [9.17, 15) is 0 Å². The standard InChI is InChI=1S/C11H13N3O/c1-15-10-6-13-14(8-10)7-9-4-2-3-5-11(9)12/h2-6,8H,7,12H2,1H3. The van der Waals surface area contributed by atoms with Gasteiger partial charge in [-0.15, -0.1) is 0 Å². The van der Waals surface area contributed by atoms with Crippen molar-refractivity contribution in [2.75, 3.05) is 12.8 Å². The van der Waals surface area contributed by atoms with Crippen LogP contribution >= 0.6 is 0 Å². The van der Waals surface area contributed by atoms with Gasteiger partial charge in [0, 0.05) is 5.69 Å². The van der Waals surface area contributed by atoms with Crippen molar-refractivity contribution in [2.24, 2.45) is 0 Å². The molecule has 1 aromatic carbocycles. The smallest absolute Gasteiger partial charge is 0.156 e. The lowest BCUT2D eigenvalue weighted by Crippen LogP contribution is -2.02. The molecule has 0 saturated heterocycles. The number of aromatic nitrogens is 2. The number of benzene rings is 1. The van der Waals surface area contributed by atoms with Crippen LogP contribution in [0.25, 0.3) is 0 Å². The number of ether oxygens (including phenoxy) is 1. The third-order valence-corrected chi connectivity index (χ3v) is 2.23. The zero-order valence-corrected chi connectivity index (χ0v) is 8.55. The Kier molecular flexibility index (Phi) is 2.58. The largest absolute Gasteiger partial charge is 0.493 e. The van der Waals surface area contributed by atoms with Gasteiger partial charge in [0.05, 0.1) is 26.0 Å². The lowest BCUT2D eigenvalue weighted by molar-refractivity contribution is 0.414. The van der Waals surface area contributed by atoms with Gasteiger partial charge in [-0.1, -0.05) is 18.2 Å². The van der Waals surface area contributed by atoms with E-state index in [0.29, 0.717) is 6.54 Å². The van der Waals surface area contributed by atoms with Gasteiger partial charge in [-0.05, 0) is 11.6 Å². The summed E-state index contributed by atoms with van der Waals surface area (Å²) in [5, 5.41) is 4.16. The second-order valence-electron chi connectivity index (χ2n) is 3.28. The van der Waals surface area contributed by atoms with Crippen LogP contribution in [-0.2, 0) is 6.54 Å². The molecule has 0 bridgehead atoms. The van der Waals surface area contributed by atoms with Gasteiger partial charge < -0.3 is 10.5 Å². The highest BCUT2D eigenvalue weighted by atomic mass is 16.5. The summed E-state index contributed by atoms with van der Waals surface area (Å²) in [5.41, 5.74) is 7.68. The molecule has 1 heterocycles. The summed E-state index contributed by atoms with van der Waals surface area (Å²) in [6.45, 7) is 0.663. The van der Waals surface area contributed by atoms with Crippen LogP contribution in [0, 0.1) is 0 Å².